The SMILES string of the molecule is COc1ccccc1N1CC[NH+](CC(=O)NCc2ccccc2Cl)CC1. The maximum atomic E-state index is 12.2. The van der Waals surface area contributed by atoms with Crippen LogP contribution < -0.4 is 19.9 Å². The van der Waals surface area contributed by atoms with Crippen LogP contribution in [-0.2, 0) is 11.3 Å². The summed E-state index contributed by atoms with van der Waals surface area (Å²) in [6.07, 6.45) is 0. The van der Waals surface area contributed by atoms with Gasteiger partial charge in [0, 0.05) is 11.6 Å². The molecule has 1 amide bonds. The molecule has 0 aromatic heterocycles. The summed E-state index contributed by atoms with van der Waals surface area (Å²) in [7, 11) is 1.70. The fourth-order valence-corrected chi connectivity index (χ4v) is 3.46. The number of para-hydroxylation sites is 2. The van der Waals surface area contributed by atoms with Crippen molar-refractivity contribution in [3.63, 3.8) is 0 Å². The summed E-state index contributed by atoms with van der Waals surface area (Å²) in [4.78, 5) is 15.9. The molecule has 2 aromatic carbocycles. The van der Waals surface area contributed by atoms with Gasteiger partial charge in [0.25, 0.3) is 5.91 Å². The van der Waals surface area contributed by atoms with Crippen LogP contribution in [0.25, 0.3) is 0 Å². The first-order chi connectivity index (χ1) is 12.7. The van der Waals surface area contributed by atoms with Crippen LogP contribution in [0.15, 0.2) is 48.5 Å². The quantitative estimate of drug-likeness (QED) is 0.802. The number of rotatable bonds is 6. The normalized spacial score (nSPS) is 14.9. The van der Waals surface area contributed by atoms with Gasteiger partial charge < -0.3 is 19.9 Å². The molecule has 0 aliphatic carbocycles. The molecular weight excluding hydrogens is 350 g/mol. The minimum Gasteiger partial charge on any atom is -0.495 e. The average molecular weight is 375 g/mol. The van der Waals surface area contributed by atoms with E-state index in [1.807, 2.05) is 42.5 Å². The summed E-state index contributed by atoms with van der Waals surface area (Å²) in [5, 5.41) is 3.66. The van der Waals surface area contributed by atoms with Crippen LogP contribution in [0.4, 0.5) is 5.69 Å². The Hall–Kier alpha value is -2.24. The number of piperazine rings is 1. The number of halogens is 1. The Morgan fingerprint density at radius 3 is 2.58 bits per heavy atom. The van der Waals surface area contributed by atoms with Crippen LogP contribution in [0.5, 0.6) is 5.75 Å². The van der Waals surface area contributed by atoms with Crippen molar-refractivity contribution in [1.29, 1.82) is 0 Å². The van der Waals surface area contributed by atoms with E-state index in [2.05, 4.69) is 16.3 Å². The first-order valence-corrected chi connectivity index (χ1v) is 9.27. The monoisotopic (exact) mass is 374 g/mol. The highest BCUT2D eigenvalue weighted by Gasteiger charge is 2.23. The number of methoxy groups -OCH3 is 1. The van der Waals surface area contributed by atoms with E-state index in [4.69, 9.17) is 16.3 Å². The molecule has 1 fully saturated rings. The van der Waals surface area contributed by atoms with E-state index < -0.39 is 0 Å². The smallest absolute Gasteiger partial charge is 0.275 e. The standard InChI is InChI=1S/C20H24ClN3O2/c1-26-19-9-5-4-8-18(19)24-12-10-23(11-13-24)15-20(25)22-14-16-6-2-3-7-17(16)21/h2-9H,10-15H2,1H3,(H,22,25)/p+1. The number of carbonyl (C=O) groups is 1. The Kier molecular flexibility index (Phi) is 6.36. The summed E-state index contributed by atoms with van der Waals surface area (Å²) in [5.74, 6) is 0.957. The molecule has 6 heteroatoms. The van der Waals surface area contributed by atoms with E-state index in [-0.39, 0.29) is 5.91 Å². The average Bonchev–Trinajstić information content (AvgIpc) is 2.68. The highest BCUT2D eigenvalue weighted by Crippen LogP contribution is 2.27. The van der Waals surface area contributed by atoms with Gasteiger partial charge in [-0.3, -0.25) is 4.79 Å². The fraction of sp³-hybridized carbons (Fsp3) is 0.350. The number of carbonyl (C=O) groups excluding carboxylic acids is 1. The molecule has 1 saturated heterocycles. The van der Waals surface area contributed by atoms with Gasteiger partial charge in [0.15, 0.2) is 6.54 Å². The number of ether oxygens (including phenoxy) is 1. The van der Waals surface area contributed by atoms with Gasteiger partial charge in [-0.1, -0.05) is 41.9 Å². The van der Waals surface area contributed by atoms with Crippen LogP contribution in [0, 0.1) is 0 Å². The predicted octanol–water partition coefficient (Wildman–Crippen LogP) is 1.37. The zero-order valence-electron chi connectivity index (χ0n) is 15.0. The van der Waals surface area contributed by atoms with Gasteiger partial charge in [0.05, 0.1) is 39.0 Å². The number of quaternary nitrogens is 1. The second-order valence-corrected chi connectivity index (χ2v) is 6.86. The maximum absolute atomic E-state index is 12.2. The molecule has 0 saturated carbocycles. The van der Waals surface area contributed by atoms with Crippen molar-refractivity contribution < 1.29 is 14.4 Å². The van der Waals surface area contributed by atoms with E-state index in [0.717, 1.165) is 43.2 Å². The molecule has 5 nitrogen and oxygen atoms in total. The van der Waals surface area contributed by atoms with Crippen LogP contribution in [-0.4, -0.2) is 45.7 Å². The summed E-state index contributed by atoms with van der Waals surface area (Å²) in [5.41, 5.74) is 2.07. The third-order valence-corrected chi connectivity index (χ3v) is 5.11. The number of benzene rings is 2. The van der Waals surface area contributed by atoms with Crippen molar-refractivity contribution in [1.82, 2.24) is 5.32 Å². The Morgan fingerprint density at radius 1 is 1.15 bits per heavy atom. The molecule has 0 atom stereocenters. The number of hydrogen-bond donors (Lipinski definition) is 2. The van der Waals surface area contributed by atoms with Gasteiger partial charge >= 0.3 is 0 Å². The molecule has 1 aliphatic heterocycles. The van der Waals surface area contributed by atoms with E-state index >= 15 is 0 Å². The number of amides is 1. The maximum Gasteiger partial charge on any atom is 0.275 e. The molecule has 0 spiro atoms. The van der Waals surface area contributed by atoms with Crippen molar-refractivity contribution in [2.75, 3.05) is 44.7 Å². The molecule has 26 heavy (non-hydrogen) atoms. The Bertz CT molecular complexity index is 745. The van der Waals surface area contributed by atoms with Crippen LogP contribution in [0.3, 0.4) is 0 Å². The van der Waals surface area contributed by atoms with Crippen LogP contribution >= 0.6 is 11.6 Å². The minimum atomic E-state index is 0.0608. The van der Waals surface area contributed by atoms with Gasteiger partial charge in [-0.05, 0) is 23.8 Å². The molecule has 1 heterocycles. The van der Waals surface area contributed by atoms with Crippen molar-refractivity contribution in [2.45, 2.75) is 6.54 Å². The zero-order chi connectivity index (χ0) is 18.4. The van der Waals surface area contributed by atoms with E-state index in [1.165, 1.54) is 4.90 Å². The lowest BCUT2D eigenvalue weighted by atomic mass is 10.2. The fourth-order valence-electron chi connectivity index (χ4n) is 3.26. The predicted molar refractivity (Wildman–Crippen MR) is 104 cm³/mol. The third kappa shape index (κ3) is 4.68. The number of hydrogen-bond acceptors (Lipinski definition) is 3. The highest BCUT2D eigenvalue weighted by atomic mass is 35.5. The molecule has 0 bridgehead atoms. The molecule has 1 aliphatic rings. The van der Waals surface area contributed by atoms with Gasteiger partial charge in [-0.25, -0.2) is 0 Å². The summed E-state index contributed by atoms with van der Waals surface area (Å²) in [6.45, 7) is 4.64. The lowest BCUT2D eigenvalue weighted by molar-refractivity contribution is -0.892. The molecular formula is C20H25ClN3O2+. The van der Waals surface area contributed by atoms with Crippen LogP contribution in [0.1, 0.15) is 5.56 Å². The Morgan fingerprint density at radius 2 is 1.85 bits per heavy atom. The second-order valence-electron chi connectivity index (χ2n) is 6.45. The van der Waals surface area contributed by atoms with E-state index in [9.17, 15) is 4.79 Å². The zero-order valence-corrected chi connectivity index (χ0v) is 15.8. The van der Waals surface area contributed by atoms with E-state index in [1.54, 1.807) is 7.11 Å². The molecule has 2 N–H and O–H groups in total. The number of nitrogens with one attached hydrogen (secondary N) is 2. The Balaban J connectivity index is 1.46. The number of anilines is 1. The molecule has 2 aromatic rings. The van der Waals surface area contributed by atoms with Crippen molar-refractivity contribution in [3.05, 3.63) is 59.1 Å². The molecule has 0 radical (unpaired) electrons. The Labute approximate surface area is 159 Å². The molecule has 3 rings (SSSR count). The van der Waals surface area contributed by atoms with Crippen LogP contribution in [0.2, 0.25) is 5.02 Å². The van der Waals surface area contributed by atoms with Crippen molar-refractivity contribution in [3.8, 4) is 5.75 Å². The summed E-state index contributed by atoms with van der Waals surface area (Å²) in [6, 6.07) is 15.7. The minimum absolute atomic E-state index is 0.0608. The van der Waals surface area contributed by atoms with Gasteiger partial charge in [0.1, 0.15) is 5.75 Å². The summed E-state index contributed by atoms with van der Waals surface area (Å²) < 4.78 is 5.45. The first-order valence-electron chi connectivity index (χ1n) is 8.89. The first kappa shape index (κ1) is 18.5. The molecule has 0 unspecified atom stereocenters. The lowest BCUT2D eigenvalue weighted by Crippen LogP contribution is -3.15. The molecule has 138 valence electrons. The van der Waals surface area contributed by atoms with Crippen molar-refractivity contribution in [2.24, 2.45) is 0 Å². The van der Waals surface area contributed by atoms with E-state index in [0.29, 0.717) is 18.1 Å². The highest BCUT2D eigenvalue weighted by molar-refractivity contribution is 6.31. The van der Waals surface area contributed by atoms with Gasteiger partial charge in [0.2, 0.25) is 0 Å². The largest absolute Gasteiger partial charge is 0.495 e. The second kappa shape index (κ2) is 8.92. The topological polar surface area (TPSA) is 46.0 Å². The third-order valence-electron chi connectivity index (χ3n) is 4.74. The summed E-state index contributed by atoms with van der Waals surface area (Å²) >= 11 is 6.13. The van der Waals surface area contributed by atoms with Gasteiger partial charge in [-0.15, -0.1) is 0 Å². The van der Waals surface area contributed by atoms with Gasteiger partial charge in [-0.2, -0.15) is 0 Å². The lowest BCUT2D eigenvalue weighted by Gasteiger charge is -2.34. The number of nitrogens with zero attached hydrogens (tertiary/aromatic N) is 1. The van der Waals surface area contributed by atoms with Crippen molar-refractivity contribution >= 4 is 23.2 Å².